The van der Waals surface area contributed by atoms with Crippen molar-refractivity contribution in [1.29, 1.82) is 0 Å². The molecule has 0 fully saturated rings. The van der Waals surface area contributed by atoms with Crippen LogP contribution in [0.1, 0.15) is 5.69 Å². The SMILES string of the molecule is [C-]#[N+]c1cnn(C)c1C. The van der Waals surface area contributed by atoms with Crippen molar-refractivity contribution < 1.29 is 0 Å². The molecule has 1 rings (SSSR count). The molecule has 0 bridgehead atoms. The van der Waals surface area contributed by atoms with E-state index in [9.17, 15) is 0 Å². The summed E-state index contributed by atoms with van der Waals surface area (Å²) in [7, 11) is 1.82. The summed E-state index contributed by atoms with van der Waals surface area (Å²) < 4.78 is 1.69. The second-order valence-electron chi connectivity index (χ2n) is 1.85. The maximum Gasteiger partial charge on any atom is 0.227 e. The molecule has 0 atom stereocenters. The van der Waals surface area contributed by atoms with Crippen LogP contribution >= 0.6 is 0 Å². The summed E-state index contributed by atoms with van der Waals surface area (Å²) in [5.74, 6) is 0. The summed E-state index contributed by atoms with van der Waals surface area (Å²) in [5, 5.41) is 3.89. The third kappa shape index (κ3) is 0.789. The van der Waals surface area contributed by atoms with Gasteiger partial charge in [0.05, 0.1) is 12.8 Å². The molecule has 0 unspecified atom stereocenters. The van der Waals surface area contributed by atoms with Gasteiger partial charge in [-0.1, -0.05) is 0 Å². The molecule has 0 amide bonds. The standard InChI is InChI=1S/C6H7N3/c1-5-6(7-2)4-8-9(5)3/h4H,1,3H3. The van der Waals surface area contributed by atoms with Gasteiger partial charge in [0, 0.05) is 12.7 Å². The van der Waals surface area contributed by atoms with Crippen molar-refractivity contribution in [2.45, 2.75) is 6.92 Å². The van der Waals surface area contributed by atoms with E-state index in [1.165, 1.54) is 0 Å². The van der Waals surface area contributed by atoms with Crippen molar-refractivity contribution >= 4 is 5.69 Å². The Labute approximate surface area is 53.7 Å². The minimum atomic E-state index is 0.637. The molecule has 0 aliphatic heterocycles. The molecule has 1 aromatic rings. The summed E-state index contributed by atoms with van der Waals surface area (Å²) in [6.07, 6.45) is 1.57. The van der Waals surface area contributed by atoms with Crippen LogP contribution in [0.4, 0.5) is 5.69 Å². The van der Waals surface area contributed by atoms with Crippen molar-refractivity contribution in [1.82, 2.24) is 9.78 Å². The van der Waals surface area contributed by atoms with Crippen LogP contribution in [0, 0.1) is 13.5 Å². The predicted molar refractivity (Wildman–Crippen MR) is 34.2 cm³/mol. The minimum Gasteiger partial charge on any atom is -0.284 e. The van der Waals surface area contributed by atoms with Gasteiger partial charge in [0.15, 0.2) is 0 Å². The van der Waals surface area contributed by atoms with Crippen molar-refractivity contribution in [3.63, 3.8) is 0 Å². The average Bonchev–Trinajstić information content (AvgIpc) is 2.15. The average molecular weight is 121 g/mol. The Morgan fingerprint density at radius 1 is 1.78 bits per heavy atom. The summed E-state index contributed by atoms with van der Waals surface area (Å²) in [6, 6.07) is 0. The van der Waals surface area contributed by atoms with Crippen molar-refractivity contribution in [3.8, 4) is 0 Å². The highest BCUT2D eigenvalue weighted by atomic mass is 15.3. The molecule has 1 heterocycles. The highest BCUT2D eigenvalue weighted by Crippen LogP contribution is 2.14. The minimum absolute atomic E-state index is 0.637. The first kappa shape index (κ1) is 5.83. The van der Waals surface area contributed by atoms with Crippen LogP contribution in [-0.4, -0.2) is 9.78 Å². The number of nitrogens with zero attached hydrogens (tertiary/aromatic N) is 3. The Morgan fingerprint density at radius 3 is 2.67 bits per heavy atom. The van der Waals surface area contributed by atoms with E-state index in [0.29, 0.717) is 5.69 Å². The molecule has 0 radical (unpaired) electrons. The molecule has 0 aromatic carbocycles. The van der Waals surface area contributed by atoms with Gasteiger partial charge >= 0.3 is 0 Å². The molecule has 0 N–H and O–H groups in total. The zero-order valence-corrected chi connectivity index (χ0v) is 5.42. The lowest BCUT2D eigenvalue weighted by Gasteiger charge is -1.90. The lowest BCUT2D eigenvalue weighted by Crippen LogP contribution is -1.90. The maximum atomic E-state index is 6.67. The number of aryl methyl sites for hydroxylation is 1. The van der Waals surface area contributed by atoms with Gasteiger partial charge in [0.2, 0.25) is 5.69 Å². The highest BCUT2D eigenvalue weighted by molar-refractivity contribution is 5.46. The largest absolute Gasteiger partial charge is 0.284 e. The fraction of sp³-hybridized carbons (Fsp3) is 0.333. The van der Waals surface area contributed by atoms with Gasteiger partial charge < -0.3 is 0 Å². The van der Waals surface area contributed by atoms with E-state index in [2.05, 4.69) is 9.94 Å². The first-order valence-electron chi connectivity index (χ1n) is 2.61. The Hall–Kier alpha value is -1.30. The van der Waals surface area contributed by atoms with Crippen molar-refractivity contribution in [3.05, 3.63) is 23.3 Å². The zero-order valence-electron chi connectivity index (χ0n) is 5.42. The van der Waals surface area contributed by atoms with Gasteiger partial charge in [-0.15, -0.1) is 0 Å². The van der Waals surface area contributed by atoms with E-state index in [1.54, 1.807) is 10.9 Å². The van der Waals surface area contributed by atoms with Crippen LogP contribution in [-0.2, 0) is 7.05 Å². The Bertz CT molecular complexity index is 254. The van der Waals surface area contributed by atoms with Gasteiger partial charge in [0.25, 0.3) is 0 Å². The summed E-state index contributed by atoms with van der Waals surface area (Å²) >= 11 is 0. The van der Waals surface area contributed by atoms with E-state index in [4.69, 9.17) is 6.57 Å². The molecule has 3 nitrogen and oxygen atoms in total. The zero-order chi connectivity index (χ0) is 6.85. The summed E-state index contributed by atoms with van der Waals surface area (Å²) in [5.41, 5.74) is 1.56. The molecule has 46 valence electrons. The number of rotatable bonds is 0. The molecule has 0 saturated heterocycles. The third-order valence-corrected chi connectivity index (χ3v) is 1.33. The van der Waals surface area contributed by atoms with Gasteiger partial charge in [0.1, 0.15) is 0 Å². The second kappa shape index (κ2) is 1.90. The highest BCUT2D eigenvalue weighted by Gasteiger charge is 1.99. The summed E-state index contributed by atoms with van der Waals surface area (Å²) in [6.45, 7) is 8.54. The van der Waals surface area contributed by atoms with Crippen molar-refractivity contribution in [2.75, 3.05) is 0 Å². The summed E-state index contributed by atoms with van der Waals surface area (Å²) in [4.78, 5) is 3.26. The van der Waals surface area contributed by atoms with Gasteiger partial charge in [-0.2, -0.15) is 5.10 Å². The van der Waals surface area contributed by atoms with Crippen LogP contribution in [0.5, 0.6) is 0 Å². The number of hydrogen-bond donors (Lipinski definition) is 0. The van der Waals surface area contributed by atoms with Gasteiger partial charge in [-0.05, 0) is 6.92 Å². The van der Waals surface area contributed by atoms with E-state index >= 15 is 0 Å². The Morgan fingerprint density at radius 2 is 2.44 bits per heavy atom. The first-order valence-corrected chi connectivity index (χ1v) is 2.61. The maximum absolute atomic E-state index is 6.67. The molecule has 3 heteroatoms. The topological polar surface area (TPSA) is 22.2 Å². The van der Waals surface area contributed by atoms with E-state index < -0.39 is 0 Å². The first-order chi connectivity index (χ1) is 4.25. The van der Waals surface area contributed by atoms with E-state index in [0.717, 1.165) is 5.69 Å². The molecular weight excluding hydrogens is 114 g/mol. The van der Waals surface area contributed by atoms with Crippen LogP contribution in [0.25, 0.3) is 4.85 Å². The fourth-order valence-corrected chi connectivity index (χ4v) is 0.597. The smallest absolute Gasteiger partial charge is 0.227 e. The van der Waals surface area contributed by atoms with Gasteiger partial charge in [-0.25, -0.2) is 4.85 Å². The van der Waals surface area contributed by atoms with Crippen LogP contribution in [0.2, 0.25) is 0 Å². The lowest BCUT2D eigenvalue weighted by molar-refractivity contribution is 0.741. The third-order valence-electron chi connectivity index (χ3n) is 1.33. The van der Waals surface area contributed by atoms with Crippen LogP contribution in [0.15, 0.2) is 6.20 Å². The van der Waals surface area contributed by atoms with Crippen molar-refractivity contribution in [2.24, 2.45) is 7.05 Å². The molecule has 0 spiro atoms. The monoisotopic (exact) mass is 121 g/mol. The molecule has 0 aliphatic carbocycles. The number of hydrogen-bond acceptors (Lipinski definition) is 1. The normalized spacial score (nSPS) is 9.00. The second-order valence-corrected chi connectivity index (χ2v) is 1.85. The predicted octanol–water partition coefficient (Wildman–Crippen LogP) is 1.28. The van der Waals surface area contributed by atoms with Gasteiger partial charge in [-0.3, -0.25) is 4.68 Å². The molecule has 1 aromatic heterocycles. The molecule has 9 heavy (non-hydrogen) atoms. The fourth-order valence-electron chi connectivity index (χ4n) is 0.597. The number of aromatic nitrogens is 2. The van der Waals surface area contributed by atoms with E-state index in [1.807, 2.05) is 14.0 Å². The van der Waals surface area contributed by atoms with E-state index in [-0.39, 0.29) is 0 Å². The quantitative estimate of drug-likeness (QED) is 0.474. The molecule has 0 aliphatic rings. The Balaban J connectivity index is 3.24. The van der Waals surface area contributed by atoms with Crippen LogP contribution in [0.3, 0.4) is 0 Å². The Kier molecular flexibility index (Phi) is 1.23. The molecular formula is C6H7N3. The van der Waals surface area contributed by atoms with Crippen LogP contribution < -0.4 is 0 Å². The lowest BCUT2D eigenvalue weighted by atomic mass is 10.4. The molecule has 0 saturated carbocycles.